The Balaban J connectivity index is 1.41. The van der Waals surface area contributed by atoms with E-state index in [4.69, 9.17) is 4.98 Å². The standard InChI is InChI=1S/C28H22N2OS/c31-27(19-21-15-17-24(18-16-21)23-11-5-2-6-12-23)30(20-22-9-3-1-4-10-22)28-29-25-13-7-8-14-26(25)32-28/h1-18H,19-20H2. The van der Waals surface area contributed by atoms with Crippen molar-refractivity contribution in [2.75, 3.05) is 4.90 Å². The van der Waals surface area contributed by atoms with E-state index in [-0.39, 0.29) is 5.91 Å². The van der Waals surface area contributed by atoms with Crippen LogP contribution in [0.15, 0.2) is 109 Å². The van der Waals surface area contributed by atoms with E-state index in [1.165, 1.54) is 5.56 Å². The van der Waals surface area contributed by atoms with Crippen molar-refractivity contribution in [2.24, 2.45) is 0 Å². The average molecular weight is 435 g/mol. The van der Waals surface area contributed by atoms with Crippen molar-refractivity contribution in [1.29, 1.82) is 0 Å². The number of carbonyl (C=O) groups excluding carboxylic acids is 1. The molecule has 0 aliphatic rings. The molecule has 0 radical (unpaired) electrons. The molecule has 3 nitrogen and oxygen atoms in total. The molecule has 5 aromatic rings. The molecule has 1 amide bonds. The Morgan fingerprint density at radius 1 is 0.688 bits per heavy atom. The van der Waals surface area contributed by atoms with E-state index in [9.17, 15) is 4.79 Å². The summed E-state index contributed by atoms with van der Waals surface area (Å²) < 4.78 is 1.08. The molecule has 156 valence electrons. The summed E-state index contributed by atoms with van der Waals surface area (Å²) in [5, 5.41) is 0.737. The van der Waals surface area contributed by atoms with E-state index < -0.39 is 0 Å². The van der Waals surface area contributed by atoms with Crippen LogP contribution in [-0.4, -0.2) is 10.9 Å². The fourth-order valence-corrected chi connectivity index (χ4v) is 4.70. The third kappa shape index (κ3) is 4.46. The molecule has 5 rings (SSSR count). The van der Waals surface area contributed by atoms with Crippen molar-refractivity contribution in [3.8, 4) is 11.1 Å². The number of rotatable bonds is 6. The van der Waals surface area contributed by atoms with Crippen molar-refractivity contribution >= 4 is 32.6 Å². The maximum Gasteiger partial charge on any atom is 0.233 e. The Bertz CT molecular complexity index is 1300. The van der Waals surface area contributed by atoms with Crippen LogP contribution < -0.4 is 4.90 Å². The van der Waals surface area contributed by atoms with Crippen LogP contribution in [0.2, 0.25) is 0 Å². The van der Waals surface area contributed by atoms with Gasteiger partial charge >= 0.3 is 0 Å². The molecule has 4 heteroatoms. The SMILES string of the molecule is O=C(Cc1ccc(-c2ccccc2)cc1)N(Cc1ccccc1)c1nc2ccccc2s1. The minimum absolute atomic E-state index is 0.0420. The third-order valence-electron chi connectivity index (χ3n) is 5.41. The predicted octanol–water partition coefficient (Wildman–Crippen LogP) is 6.74. The normalized spacial score (nSPS) is 10.9. The van der Waals surface area contributed by atoms with Crippen LogP contribution >= 0.6 is 11.3 Å². The van der Waals surface area contributed by atoms with Gasteiger partial charge in [0.1, 0.15) is 0 Å². The summed E-state index contributed by atoms with van der Waals surface area (Å²) in [5.74, 6) is 0.0420. The molecule has 0 unspecified atom stereocenters. The van der Waals surface area contributed by atoms with Gasteiger partial charge in [0.05, 0.1) is 23.2 Å². The summed E-state index contributed by atoms with van der Waals surface area (Å²) in [6.07, 6.45) is 0.331. The number of hydrogen-bond acceptors (Lipinski definition) is 3. The molecule has 0 N–H and O–H groups in total. The molecule has 0 saturated heterocycles. The first-order valence-corrected chi connectivity index (χ1v) is 11.4. The lowest BCUT2D eigenvalue weighted by molar-refractivity contribution is -0.118. The molecule has 0 aliphatic heterocycles. The second-order valence-electron chi connectivity index (χ2n) is 7.67. The summed E-state index contributed by atoms with van der Waals surface area (Å²) >= 11 is 1.56. The molecule has 32 heavy (non-hydrogen) atoms. The third-order valence-corrected chi connectivity index (χ3v) is 6.47. The first kappa shape index (κ1) is 20.2. The summed E-state index contributed by atoms with van der Waals surface area (Å²) in [4.78, 5) is 20.0. The highest BCUT2D eigenvalue weighted by atomic mass is 32.1. The zero-order valence-corrected chi connectivity index (χ0v) is 18.3. The number of benzene rings is 4. The lowest BCUT2D eigenvalue weighted by atomic mass is 10.0. The highest BCUT2D eigenvalue weighted by Gasteiger charge is 2.20. The lowest BCUT2D eigenvalue weighted by Crippen LogP contribution is -2.31. The van der Waals surface area contributed by atoms with Crippen LogP contribution in [0.25, 0.3) is 21.3 Å². The van der Waals surface area contributed by atoms with Gasteiger partial charge in [-0.1, -0.05) is 108 Å². The van der Waals surface area contributed by atoms with Gasteiger partial charge in [0.2, 0.25) is 5.91 Å². The second-order valence-corrected chi connectivity index (χ2v) is 8.68. The van der Waals surface area contributed by atoms with Gasteiger partial charge < -0.3 is 0 Å². The first-order chi connectivity index (χ1) is 15.8. The molecule has 1 heterocycles. The van der Waals surface area contributed by atoms with E-state index >= 15 is 0 Å². The summed E-state index contributed by atoms with van der Waals surface area (Å²) in [6, 6.07) is 36.6. The molecule has 4 aromatic carbocycles. The van der Waals surface area contributed by atoms with Gasteiger partial charge in [-0.3, -0.25) is 9.69 Å². The smallest absolute Gasteiger partial charge is 0.233 e. The number of aromatic nitrogens is 1. The Morgan fingerprint density at radius 2 is 1.31 bits per heavy atom. The number of fused-ring (bicyclic) bond motifs is 1. The van der Waals surface area contributed by atoms with Crippen molar-refractivity contribution in [2.45, 2.75) is 13.0 Å². The minimum atomic E-state index is 0.0420. The molecule has 0 bridgehead atoms. The van der Waals surface area contributed by atoms with Gasteiger partial charge in [-0.05, 0) is 34.4 Å². The van der Waals surface area contributed by atoms with E-state index in [1.807, 2.05) is 89.8 Å². The Hall–Kier alpha value is -3.76. The van der Waals surface area contributed by atoms with Crippen molar-refractivity contribution in [3.63, 3.8) is 0 Å². The van der Waals surface area contributed by atoms with E-state index in [0.29, 0.717) is 13.0 Å². The number of nitrogens with zero attached hydrogens (tertiary/aromatic N) is 2. The van der Waals surface area contributed by atoms with Gasteiger partial charge in [-0.2, -0.15) is 0 Å². The van der Waals surface area contributed by atoms with Gasteiger partial charge in [-0.15, -0.1) is 0 Å². The number of para-hydroxylation sites is 1. The molecular formula is C28H22N2OS. The van der Waals surface area contributed by atoms with Crippen LogP contribution in [0.5, 0.6) is 0 Å². The van der Waals surface area contributed by atoms with Crippen LogP contribution in [0.4, 0.5) is 5.13 Å². The van der Waals surface area contributed by atoms with Gasteiger partial charge in [-0.25, -0.2) is 4.98 Å². The highest BCUT2D eigenvalue weighted by molar-refractivity contribution is 7.22. The Labute approximate surface area is 191 Å². The summed E-state index contributed by atoms with van der Waals surface area (Å²) in [7, 11) is 0. The van der Waals surface area contributed by atoms with Crippen LogP contribution in [0.1, 0.15) is 11.1 Å². The summed E-state index contributed by atoms with van der Waals surface area (Å²) in [5.41, 5.74) is 5.32. The number of carbonyl (C=O) groups is 1. The molecular weight excluding hydrogens is 412 g/mol. The van der Waals surface area contributed by atoms with Gasteiger partial charge in [0.25, 0.3) is 0 Å². The largest absolute Gasteiger partial charge is 0.283 e. The highest BCUT2D eigenvalue weighted by Crippen LogP contribution is 2.30. The zero-order chi connectivity index (χ0) is 21.8. The van der Waals surface area contributed by atoms with Crippen molar-refractivity contribution in [1.82, 2.24) is 4.98 Å². The monoisotopic (exact) mass is 434 g/mol. The second kappa shape index (κ2) is 9.16. The van der Waals surface area contributed by atoms with Crippen LogP contribution in [0, 0.1) is 0 Å². The average Bonchev–Trinajstić information content (AvgIpc) is 3.28. The molecule has 0 atom stereocenters. The molecule has 0 saturated carbocycles. The Morgan fingerprint density at radius 3 is 2.03 bits per heavy atom. The molecule has 1 aromatic heterocycles. The predicted molar refractivity (Wildman–Crippen MR) is 133 cm³/mol. The van der Waals surface area contributed by atoms with Crippen molar-refractivity contribution in [3.05, 3.63) is 120 Å². The van der Waals surface area contributed by atoms with E-state index in [2.05, 4.69) is 24.3 Å². The lowest BCUT2D eigenvalue weighted by Gasteiger charge is -2.20. The maximum atomic E-state index is 13.4. The number of hydrogen-bond donors (Lipinski definition) is 0. The van der Waals surface area contributed by atoms with Gasteiger partial charge in [0, 0.05) is 0 Å². The number of amides is 1. The zero-order valence-electron chi connectivity index (χ0n) is 17.5. The minimum Gasteiger partial charge on any atom is -0.283 e. The van der Waals surface area contributed by atoms with E-state index in [1.54, 1.807) is 11.3 Å². The summed E-state index contributed by atoms with van der Waals surface area (Å²) in [6.45, 7) is 0.502. The van der Waals surface area contributed by atoms with Crippen LogP contribution in [-0.2, 0) is 17.8 Å². The number of thiazole rings is 1. The maximum absolute atomic E-state index is 13.4. The Kier molecular flexibility index (Phi) is 5.77. The molecule has 0 aliphatic carbocycles. The van der Waals surface area contributed by atoms with E-state index in [0.717, 1.165) is 32.0 Å². The molecule has 0 fully saturated rings. The fourth-order valence-electron chi connectivity index (χ4n) is 3.72. The van der Waals surface area contributed by atoms with Crippen LogP contribution in [0.3, 0.4) is 0 Å². The molecule has 0 spiro atoms. The van der Waals surface area contributed by atoms with Gasteiger partial charge in [0.15, 0.2) is 5.13 Å². The quantitative estimate of drug-likeness (QED) is 0.296. The van der Waals surface area contributed by atoms with Crippen molar-refractivity contribution < 1.29 is 4.79 Å². The first-order valence-electron chi connectivity index (χ1n) is 10.6. The number of anilines is 1. The fraction of sp³-hybridized carbons (Fsp3) is 0.0714. The topological polar surface area (TPSA) is 33.2 Å².